The van der Waals surface area contributed by atoms with Crippen molar-refractivity contribution in [2.24, 2.45) is 0 Å². The molecule has 26 heavy (non-hydrogen) atoms. The predicted octanol–water partition coefficient (Wildman–Crippen LogP) is 3.03. The highest BCUT2D eigenvalue weighted by molar-refractivity contribution is 5.93. The minimum atomic E-state index is -0.238. The van der Waals surface area contributed by atoms with Gasteiger partial charge >= 0.3 is 6.03 Å². The fraction of sp³-hybridized carbons (Fsp3) is 0.350. The van der Waals surface area contributed by atoms with E-state index in [-0.39, 0.29) is 6.03 Å². The standard InChI is InChI=1S/C20H25N3O3/c1-16-6-8-17(9-7-16)26-13-10-21-20(24)22-18-4-2-3-5-19(18)23-11-14-25-15-12-23/h2-9H,10-15H2,1H3,(H2,21,22,24). The number of carbonyl (C=O) groups excluding carboxylic acids is 1. The molecule has 1 aliphatic rings. The van der Waals surface area contributed by atoms with Crippen LogP contribution in [-0.2, 0) is 4.74 Å². The Morgan fingerprint density at radius 2 is 1.85 bits per heavy atom. The molecule has 2 N–H and O–H groups in total. The summed E-state index contributed by atoms with van der Waals surface area (Å²) in [5.41, 5.74) is 3.00. The van der Waals surface area contributed by atoms with Gasteiger partial charge in [-0.05, 0) is 31.2 Å². The molecular weight excluding hydrogens is 330 g/mol. The lowest BCUT2D eigenvalue weighted by molar-refractivity contribution is 0.123. The van der Waals surface area contributed by atoms with Gasteiger partial charge in [-0.1, -0.05) is 29.8 Å². The Bertz CT molecular complexity index is 712. The Morgan fingerprint density at radius 3 is 2.62 bits per heavy atom. The zero-order valence-electron chi connectivity index (χ0n) is 15.0. The monoisotopic (exact) mass is 355 g/mol. The van der Waals surface area contributed by atoms with Gasteiger partial charge in [-0.3, -0.25) is 0 Å². The summed E-state index contributed by atoms with van der Waals surface area (Å²) in [6.07, 6.45) is 0. The van der Waals surface area contributed by atoms with Crippen molar-refractivity contribution in [2.75, 3.05) is 49.7 Å². The summed E-state index contributed by atoms with van der Waals surface area (Å²) >= 11 is 0. The number of aryl methyl sites for hydroxylation is 1. The summed E-state index contributed by atoms with van der Waals surface area (Å²) in [6, 6.07) is 15.4. The zero-order valence-corrected chi connectivity index (χ0v) is 15.0. The molecule has 1 aliphatic heterocycles. The van der Waals surface area contributed by atoms with E-state index < -0.39 is 0 Å². The van der Waals surface area contributed by atoms with Crippen LogP contribution < -0.4 is 20.3 Å². The number of urea groups is 1. The molecule has 1 heterocycles. The van der Waals surface area contributed by atoms with E-state index in [1.54, 1.807) is 0 Å². The number of nitrogens with zero attached hydrogens (tertiary/aromatic N) is 1. The molecular formula is C20H25N3O3. The Balaban J connectivity index is 1.46. The number of rotatable bonds is 6. The van der Waals surface area contributed by atoms with Gasteiger partial charge in [0.05, 0.1) is 31.1 Å². The molecule has 6 heteroatoms. The van der Waals surface area contributed by atoms with Gasteiger partial charge in [0.1, 0.15) is 12.4 Å². The first-order valence-electron chi connectivity index (χ1n) is 8.88. The summed E-state index contributed by atoms with van der Waals surface area (Å²) in [7, 11) is 0. The van der Waals surface area contributed by atoms with Crippen LogP contribution in [0.1, 0.15) is 5.56 Å². The highest BCUT2D eigenvalue weighted by Gasteiger charge is 2.15. The highest BCUT2D eigenvalue weighted by Crippen LogP contribution is 2.26. The number of morpholine rings is 1. The summed E-state index contributed by atoms with van der Waals surface area (Å²) in [4.78, 5) is 14.4. The molecule has 1 fully saturated rings. The number of anilines is 2. The van der Waals surface area contributed by atoms with Gasteiger partial charge < -0.3 is 25.0 Å². The number of hydrogen-bond donors (Lipinski definition) is 2. The summed E-state index contributed by atoms with van der Waals surface area (Å²) in [5, 5.41) is 5.75. The number of nitrogens with one attached hydrogen (secondary N) is 2. The maximum absolute atomic E-state index is 12.2. The van der Waals surface area contributed by atoms with Crippen LogP contribution >= 0.6 is 0 Å². The Kier molecular flexibility index (Phi) is 6.33. The van der Waals surface area contributed by atoms with Crippen molar-refractivity contribution in [3.8, 4) is 5.75 Å². The molecule has 0 radical (unpaired) electrons. The van der Waals surface area contributed by atoms with E-state index in [2.05, 4.69) is 15.5 Å². The number of benzene rings is 2. The van der Waals surface area contributed by atoms with Gasteiger partial charge in [0, 0.05) is 13.1 Å². The first kappa shape index (κ1) is 18.1. The molecule has 0 spiro atoms. The van der Waals surface area contributed by atoms with Crippen molar-refractivity contribution in [1.29, 1.82) is 0 Å². The lowest BCUT2D eigenvalue weighted by Gasteiger charge is -2.30. The van der Waals surface area contributed by atoms with E-state index in [0.29, 0.717) is 26.4 Å². The summed E-state index contributed by atoms with van der Waals surface area (Å²) in [5.74, 6) is 0.801. The molecule has 2 aromatic rings. The average molecular weight is 355 g/mol. The van der Waals surface area contributed by atoms with E-state index in [4.69, 9.17) is 9.47 Å². The predicted molar refractivity (Wildman–Crippen MR) is 103 cm³/mol. The second-order valence-electron chi connectivity index (χ2n) is 6.16. The van der Waals surface area contributed by atoms with Gasteiger partial charge in [-0.15, -0.1) is 0 Å². The van der Waals surface area contributed by atoms with E-state index >= 15 is 0 Å². The number of ether oxygens (including phenoxy) is 2. The quantitative estimate of drug-likeness (QED) is 0.782. The van der Waals surface area contributed by atoms with Crippen molar-refractivity contribution in [3.63, 3.8) is 0 Å². The van der Waals surface area contributed by atoms with Crippen LogP contribution in [0.2, 0.25) is 0 Å². The number of carbonyl (C=O) groups is 1. The molecule has 2 amide bonds. The highest BCUT2D eigenvalue weighted by atomic mass is 16.5. The minimum absolute atomic E-state index is 0.238. The third-order valence-corrected chi connectivity index (χ3v) is 4.18. The van der Waals surface area contributed by atoms with Crippen LogP contribution in [0.3, 0.4) is 0 Å². The van der Waals surface area contributed by atoms with Gasteiger partial charge in [-0.25, -0.2) is 4.79 Å². The number of amides is 2. The fourth-order valence-electron chi connectivity index (χ4n) is 2.79. The van der Waals surface area contributed by atoms with Crippen molar-refractivity contribution >= 4 is 17.4 Å². The van der Waals surface area contributed by atoms with E-state index in [1.807, 2.05) is 55.5 Å². The van der Waals surface area contributed by atoms with E-state index in [1.165, 1.54) is 5.56 Å². The summed E-state index contributed by atoms with van der Waals surface area (Å²) in [6.45, 7) is 5.94. The van der Waals surface area contributed by atoms with Crippen LogP contribution in [-0.4, -0.2) is 45.5 Å². The SMILES string of the molecule is Cc1ccc(OCCNC(=O)Nc2ccccc2N2CCOCC2)cc1. The first-order chi connectivity index (χ1) is 12.7. The van der Waals surface area contributed by atoms with Gasteiger partial charge in [0.2, 0.25) is 0 Å². The van der Waals surface area contributed by atoms with Crippen molar-refractivity contribution in [2.45, 2.75) is 6.92 Å². The van der Waals surface area contributed by atoms with Gasteiger partial charge in [0.25, 0.3) is 0 Å². The van der Waals surface area contributed by atoms with Crippen molar-refractivity contribution in [1.82, 2.24) is 5.32 Å². The maximum atomic E-state index is 12.2. The van der Waals surface area contributed by atoms with E-state index in [0.717, 1.165) is 30.2 Å². The van der Waals surface area contributed by atoms with Crippen LogP contribution in [0, 0.1) is 6.92 Å². The van der Waals surface area contributed by atoms with Crippen molar-refractivity contribution in [3.05, 3.63) is 54.1 Å². The number of para-hydroxylation sites is 2. The molecule has 2 aromatic carbocycles. The molecule has 0 unspecified atom stereocenters. The van der Waals surface area contributed by atoms with Crippen LogP contribution in [0.4, 0.5) is 16.2 Å². The van der Waals surface area contributed by atoms with Crippen LogP contribution in [0.25, 0.3) is 0 Å². The normalized spacial score (nSPS) is 14.0. The third-order valence-electron chi connectivity index (χ3n) is 4.18. The first-order valence-corrected chi connectivity index (χ1v) is 8.88. The van der Waals surface area contributed by atoms with Crippen molar-refractivity contribution < 1.29 is 14.3 Å². The minimum Gasteiger partial charge on any atom is -0.492 e. The fourth-order valence-corrected chi connectivity index (χ4v) is 2.79. The molecule has 0 aromatic heterocycles. The second-order valence-corrected chi connectivity index (χ2v) is 6.16. The molecule has 6 nitrogen and oxygen atoms in total. The van der Waals surface area contributed by atoms with Gasteiger partial charge in [0.15, 0.2) is 0 Å². The van der Waals surface area contributed by atoms with Crippen LogP contribution in [0.5, 0.6) is 5.75 Å². The molecule has 0 aliphatic carbocycles. The zero-order chi connectivity index (χ0) is 18.2. The largest absolute Gasteiger partial charge is 0.492 e. The molecule has 138 valence electrons. The lowest BCUT2D eigenvalue weighted by atomic mass is 10.2. The second kappa shape index (κ2) is 9.10. The molecule has 3 rings (SSSR count). The maximum Gasteiger partial charge on any atom is 0.319 e. The molecule has 1 saturated heterocycles. The average Bonchev–Trinajstić information content (AvgIpc) is 2.68. The third kappa shape index (κ3) is 5.13. The lowest BCUT2D eigenvalue weighted by Crippen LogP contribution is -2.37. The van der Waals surface area contributed by atoms with Gasteiger partial charge in [-0.2, -0.15) is 0 Å². The molecule has 0 saturated carbocycles. The van der Waals surface area contributed by atoms with E-state index in [9.17, 15) is 4.79 Å². The number of hydrogen-bond acceptors (Lipinski definition) is 4. The summed E-state index contributed by atoms with van der Waals surface area (Å²) < 4.78 is 11.0. The smallest absolute Gasteiger partial charge is 0.319 e. The Labute approximate surface area is 154 Å². The molecule has 0 bridgehead atoms. The Hall–Kier alpha value is -2.73. The Morgan fingerprint density at radius 1 is 1.12 bits per heavy atom. The topological polar surface area (TPSA) is 62.8 Å². The van der Waals surface area contributed by atoms with Crippen LogP contribution in [0.15, 0.2) is 48.5 Å². The molecule has 0 atom stereocenters.